The highest BCUT2D eigenvalue weighted by Gasteiger charge is 2.31. The Labute approximate surface area is 112 Å². The van der Waals surface area contributed by atoms with Gasteiger partial charge >= 0.3 is 6.18 Å². The third-order valence-corrected chi connectivity index (χ3v) is 2.96. The van der Waals surface area contributed by atoms with E-state index in [1.165, 1.54) is 13.0 Å². The minimum Gasteiger partial charge on any atom is -0.308 e. The van der Waals surface area contributed by atoms with Crippen molar-refractivity contribution in [1.82, 2.24) is 15.1 Å². The van der Waals surface area contributed by atoms with E-state index in [-0.39, 0.29) is 24.5 Å². The molecule has 0 aliphatic carbocycles. The predicted octanol–water partition coefficient (Wildman–Crippen LogP) is 1.39. The number of rotatable bonds is 3. The fourth-order valence-electron chi connectivity index (χ4n) is 2.01. The number of nitrogens with one attached hydrogen (secondary N) is 2. The van der Waals surface area contributed by atoms with Crippen LogP contribution in [0.2, 0.25) is 0 Å². The van der Waals surface area contributed by atoms with Gasteiger partial charge in [-0.3, -0.25) is 9.48 Å². The lowest BCUT2D eigenvalue weighted by Gasteiger charge is -2.09. The van der Waals surface area contributed by atoms with Gasteiger partial charge in [0.15, 0.2) is 5.82 Å². The van der Waals surface area contributed by atoms with Gasteiger partial charge in [0.2, 0.25) is 5.91 Å². The second-order valence-corrected chi connectivity index (χ2v) is 4.73. The van der Waals surface area contributed by atoms with Gasteiger partial charge in [-0.1, -0.05) is 0 Å². The molecule has 2 atom stereocenters. The van der Waals surface area contributed by atoms with E-state index in [4.69, 9.17) is 0 Å². The number of nitrogens with zero attached hydrogens (tertiary/aromatic N) is 2. The van der Waals surface area contributed by atoms with Crippen molar-refractivity contribution in [2.24, 2.45) is 0 Å². The standard InChI is InChI=1S/C11H14F4N4O/c1-6-2-9(18-19(6)5-11(13,14)15)17-10(20)8-3-7(12)4-16-8/h2,7-8,16H,3-5H2,1H3,(H,17,18,20)/t7-,8+/m1/s1. The summed E-state index contributed by atoms with van der Waals surface area (Å²) in [5, 5.41) is 8.74. The van der Waals surface area contributed by atoms with E-state index < -0.39 is 30.8 Å². The second kappa shape index (κ2) is 5.39. The molecule has 0 bridgehead atoms. The Balaban J connectivity index is 2.00. The van der Waals surface area contributed by atoms with Gasteiger partial charge < -0.3 is 10.6 Å². The maximum absolute atomic E-state index is 12.9. The summed E-state index contributed by atoms with van der Waals surface area (Å²) < 4.78 is 50.5. The van der Waals surface area contributed by atoms with E-state index in [9.17, 15) is 22.4 Å². The molecule has 0 spiro atoms. The van der Waals surface area contributed by atoms with Crippen LogP contribution in [0.3, 0.4) is 0 Å². The summed E-state index contributed by atoms with van der Waals surface area (Å²) in [6.07, 6.45) is -5.42. The molecule has 112 valence electrons. The summed E-state index contributed by atoms with van der Waals surface area (Å²) in [7, 11) is 0. The normalized spacial score (nSPS) is 23.1. The predicted molar refractivity (Wildman–Crippen MR) is 63.0 cm³/mol. The van der Waals surface area contributed by atoms with Crippen LogP contribution < -0.4 is 10.6 Å². The number of carbonyl (C=O) groups excluding carboxylic acids is 1. The number of aromatic nitrogens is 2. The maximum Gasteiger partial charge on any atom is 0.408 e. The number of aryl methyl sites for hydroxylation is 1. The molecular formula is C11H14F4N4O. The van der Waals surface area contributed by atoms with Crippen molar-refractivity contribution in [2.75, 3.05) is 11.9 Å². The van der Waals surface area contributed by atoms with Crippen LogP contribution in [0.1, 0.15) is 12.1 Å². The summed E-state index contributed by atoms with van der Waals surface area (Å²) >= 11 is 0. The van der Waals surface area contributed by atoms with Gasteiger partial charge in [-0.15, -0.1) is 0 Å². The Morgan fingerprint density at radius 1 is 1.60 bits per heavy atom. The minimum atomic E-state index is -4.38. The van der Waals surface area contributed by atoms with Crippen LogP contribution in [0, 0.1) is 6.92 Å². The first kappa shape index (κ1) is 14.8. The Morgan fingerprint density at radius 3 is 2.85 bits per heavy atom. The Hall–Kier alpha value is -1.64. The summed E-state index contributed by atoms with van der Waals surface area (Å²) in [5.74, 6) is -0.470. The van der Waals surface area contributed by atoms with Crippen LogP contribution in [0.4, 0.5) is 23.4 Å². The van der Waals surface area contributed by atoms with Crippen LogP contribution in [-0.4, -0.2) is 40.6 Å². The monoisotopic (exact) mass is 294 g/mol. The number of alkyl halides is 4. The number of amides is 1. The molecule has 1 aromatic rings. The SMILES string of the molecule is Cc1cc(NC(=O)[C@@H]2C[C@@H](F)CN2)nn1CC(F)(F)F. The molecule has 0 radical (unpaired) electrons. The quantitative estimate of drug-likeness (QED) is 0.828. The summed E-state index contributed by atoms with van der Waals surface area (Å²) in [6, 6.07) is 0.656. The van der Waals surface area contributed by atoms with Crippen molar-refractivity contribution < 1.29 is 22.4 Å². The minimum absolute atomic E-state index is 0.0286. The van der Waals surface area contributed by atoms with Crippen molar-refractivity contribution >= 4 is 11.7 Å². The maximum atomic E-state index is 12.9. The molecule has 1 saturated heterocycles. The molecule has 0 saturated carbocycles. The van der Waals surface area contributed by atoms with E-state index in [0.29, 0.717) is 0 Å². The Bertz CT molecular complexity index is 499. The fraction of sp³-hybridized carbons (Fsp3) is 0.636. The number of anilines is 1. The number of carbonyl (C=O) groups is 1. The van der Waals surface area contributed by atoms with Crippen molar-refractivity contribution in [3.05, 3.63) is 11.8 Å². The largest absolute Gasteiger partial charge is 0.408 e. The van der Waals surface area contributed by atoms with E-state index in [0.717, 1.165) is 4.68 Å². The zero-order chi connectivity index (χ0) is 14.9. The van der Waals surface area contributed by atoms with Crippen LogP contribution in [-0.2, 0) is 11.3 Å². The van der Waals surface area contributed by atoms with Crippen molar-refractivity contribution in [1.29, 1.82) is 0 Å². The molecule has 1 amide bonds. The van der Waals surface area contributed by atoms with E-state index in [1.807, 2.05) is 0 Å². The van der Waals surface area contributed by atoms with Gasteiger partial charge in [-0.25, -0.2) is 4.39 Å². The highest BCUT2D eigenvalue weighted by atomic mass is 19.4. The lowest BCUT2D eigenvalue weighted by molar-refractivity contribution is -0.142. The van der Waals surface area contributed by atoms with Crippen LogP contribution in [0.25, 0.3) is 0 Å². The second-order valence-electron chi connectivity index (χ2n) is 4.73. The molecule has 0 aromatic carbocycles. The van der Waals surface area contributed by atoms with Gasteiger partial charge in [-0.05, 0) is 6.92 Å². The molecule has 0 unspecified atom stereocenters. The zero-order valence-corrected chi connectivity index (χ0v) is 10.7. The van der Waals surface area contributed by atoms with E-state index in [2.05, 4.69) is 15.7 Å². The molecule has 1 fully saturated rings. The summed E-state index contributed by atoms with van der Waals surface area (Å²) in [5.41, 5.74) is 0.278. The number of hydrogen-bond donors (Lipinski definition) is 2. The Morgan fingerprint density at radius 2 is 2.30 bits per heavy atom. The van der Waals surface area contributed by atoms with Gasteiger partial charge in [0.25, 0.3) is 0 Å². The Kier molecular flexibility index (Phi) is 3.98. The van der Waals surface area contributed by atoms with Crippen molar-refractivity contribution in [3.63, 3.8) is 0 Å². The van der Waals surface area contributed by atoms with Crippen molar-refractivity contribution in [3.8, 4) is 0 Å². The average molecular weight is 294 g/mol. The smallest absolute Gasteiger partial charge is 0.308 e. The molecule has 20 heavy (non-hydrogen) atoms. The average Bonchev–Trinajstić information content (AvgIpc) is 2.84. The highest BCUT2D eigenvalue weighted by molar-refractivity contribution is 5.94. The van der Waals surface area contributed by atoms with E-state index in [1.54, 1.807) is 0 Å². The van der Waals surface area contributed by atoms with Crippen LogP contribution in [0.15, 0.2) is 6.07 Å². The molecule has 2 heterocycles. The van der Waals surface area contributed by atoms with Gasteiger partial charge in [0.1, 0.15) is 12.7 Å². The molecule has 2 rings (SSSR count). The molecule has 1 aromatic heterocycles. The van der Waals surface area contributed by atoms with Gasteiger partial charge in [-0.2, -0.15) is 18.3 Å². The first-order valence-electron chi connectivity index (χ1n) is 6.04. The fourth-order valence-corrected chi connectivity index (χ4v) is 2.01. The highest BCUT2D eigenvalue weighted by Crippen LogP contribution is 2.20. The molecular weight excluding hydrogens is 280 g/mol. The van der Waals surface area contributed by atoms with Crippen LogP contribution in [0.5, 0.6) is 0 Å². The molecule has 9 heteroatoms. The molecule has 2 N–H and O–H groups in total. The summed E-state index contributed by atoms with van der Waals surface area (Å²) in [4.78, 5) is 11.8. The molecule has 1 aliphatic rings. The third-order valence-electron chi connectivity index (χ3n) is 2.96. The third kappa shape index (κ3) is 3.69. The zero-order valence-electron chi connectivity index (χ0n) is 10.7. The lowest BCUT2D eigenvalue weighted by atomic mass is 10.2. The summed E-state index contributed by atoms with van der Waals surface area (Å²) in [6.45, 7) is 0.336. The van der Waals surface area contributed by atoms with Crippen LogP contribution >= 0.6 is 0 Å². The molecule has 1 aliphatic heterocycles. The number of halogens is 4. The first-order chi connectivity index (χ1) is 9.24. The number of hydrogen-bond acceptors (Lipinski definition) is 3. The van der Waals surface area contributed by atoms with E-state index >= 15 is 0 Å². The topological polar surface area (TPSA) is 59.0 Å². The molecule has 5 nitrogen and oxygen atoms in total. The first-order valence-corrected chi connectivity index (χ1v) is 6.04. The lowest BCUT2D eigenvalue weighted by Crippen LogP contribution is -2.35. The van der Waals surface area contributed by atoms with Crippen molar-refractivity contribution in [2.45, 2.75) is 38.3 Å². The van der Waals surface area contributed by atoms with Gasteiger partial charge in [0, 0.05) is 24.7 Å². The van der Waals surface area contributed by atoms with Gasteiger partial charge in [0.05, 0.1) is 6.04 Å².